The molecule has 0 aromatic heterocycles. The van der Waals surface area contributed by atoms with Crippen molar-refractivity contribution in [1.29, 1.82) is 0 Å². The zero-order valence-corrected chi connectivity index (χ0v) is 16.5. The molecular formula is C21H18FNO3S2. The molecule has 2 unspecified atom stereocenters. The normalized spacial score (nSPS) is 20.5. The molecule has 0 amide bonds. The van der Waals surface area contributed by atoms with Crippen LogP contribution in [0, 0.1) is 5.82 Å². The molecule has 1 heterocycles. The summed E-state index contributed by atoms with van der Waals surface area (Å²) in [6.07, 6.45) is 0.312. The molecule has 4 rings (SSSR count). The molecule has 0 saturated carbocycles. The molecule has 3 aromatic rings. The summed E-state index contributed by atoms with van der Waals surface area (Å²) in [5.41, 5.74) is 0.285. The van der Waals surface area contributed by atoms with Crippen molar-refractivity contribution in [1.82, 2.24) is 4.31 Å². The van der Waals surface area contributed by atoms with Gasteiger partial charge in [-0.25, -0.2) is 12.8 Å². The fourth-order valence-corrected chi connectivity index (χ4v) is 5.72. The Labute approximate surface area is 168 Å². The lowest BCUT2D eigenvalue weighted by atomic mass is 10.0. The van der Waals surface area contributed by atoms with E-state index in [1.165, 1.54) is 28.6 Å². The van der Waals surface area contributed by atoms with Crippen LogP contribution in [-0.4, -0.2) is 36.3 Å². The number of hydrogen-bond donors (Lipinski definition) is 1. The van der Waals surface area contributed by atoms with Crippen LogP contribution in [0.25, 0.3) is 10.8 Å². The van der Waals surface area contributed by atoms with Crippen molar-refractivity contribution in [3.8, 4) is 0 Å². The van der Waals surface area contributed by atoms with Crippen LogP contribution in [0.1, 0.15) is 16.8 Å². The van der Waals surface area contributed by atoms with Crippen molar-refractivity contribution in [2.24, 2.45) is 0 Å². The average molecular weight is 416 g/mol. The zero-order chi connectivity index (χ0) is 19.9. The third-order valence-corrected chi connectivity index (χ3v) is 7.24. The van der Waals surface area contributed by atoms with Crippen molar-refractivity contribution in [3.63, 3.8) is 0 Å². The Kier molecular flexibility index (Phi) is 4.99. The standard InChI is InChI=1S/C21H18FNO3S2/c22-17-8-5-15(6-9-17)21(24)20-12-18(27)13-23(20)28(25,26)19-10-7-14-3-1-2-4-16(14)11-19/h1-11,18,20,27H,12-13H2. The number of Topliss-reactive ketones (excluding diaryl/α,β-unsaturated/α-hetero) is 1. The Morgan fingerprint density at radius 3 is 2.39 bits per heavy atom. The summed E-state index contributed by atoms with van der Waals surface area (Å²) in [6.45, 7) is 0.149. The average Bonchev–Trinajstić information content (AvgIpc) is 3.10. The first-order valence-electron chi connectivity index (χ1n) is 8.85. The van der Waals surface area contributed by atoms with E-state index in [0.717, 1.165) is 10.8 Å². The van der Waals surface area contributed by atoms with Gasteiger partial charge in [-0.05, 0) is 53.6 Å². The van der Waals surface area contributed by atoms with E-state index in [-0.39, 0.29) is 28.0 Å². The second-order valence-corrected chi connectivity index (χ2v) is 9.48. The van der Waals surface area contributed by atoms with Crippen molar-refractivity contribution >= 4 is 39.2 Å². The second kappa shape index (κ2) is 7.31. The molecule has 1 saturated heterocycles. The van der Waals surface area contributed by atoms with Gasteiger partial charge in [-0.15, -0.1) is 0 Å². The minimum absolute atomic E-state index is 0.144. The highest BCUT2D eigenvalue weighted by molar-refractivity contribution is 7.89. The van der Waals surface area contributed by atoms with E-state index in [4.69, 9.17) is 0 Å². The molecule has 7 heteroatoms. The van der Waals surface area contributed by atoms with E-state index >= 15 is 0 Å². The number of ketones is 1. The lowest BCUT2D eigenvalue weighted by Gasteiger charge is -2.23. The van der Waals surface area contributed by atoms with Gasteiger partial charge in [0.2, 0.25) is 10.0 Å². The lowest BCUT2D eigenvalue weighted by molar-refractivity contribution is 0.0918. The first kappa shape index (κ1) is 19.1. The quantitative estimate of drug-likeness (QED) is 0.519. The van der Waals surface area contributed by atoms with Gasteiger partial charge in [0.15, 0.2) is 5.78 Å². The number of halogens is 1. The summed E-state index contributed by atoms with van der Waals surface area (Å²) in [7, 11) is -3.88. The molecule has 1 aliphatic rings. The molecule has 0 N–H and O–H groups in total. The molecule has 0 radical (unpaired) electrons. The minimum atomic E-state index is -3.88. The fraction of sp³-hybridized carbons (Fsp3) is 0.190. The van der Waals surface area contributed by atoms with E-state index < -0.39 is 21.9 Å². The number of thiol groups is 1. The van der Waals surface area contributed by atoms with Gasteiger partial charge in [-0.3, -0.25) is 4.79 Å². The molecule has 0 bridgehead atoms. The zero-order valence-electron chi connectivity index (χ0n) is 14.8. The first-order chi connectivity index (χ1) is 13.4. The summed E-state index contributed by atoms with van der Waals surface area (Å²) in [5.74, 6) is -0.795. The second-order valence-electron chi connectivity index (χ2n) is 6.86. The number of rotatable bonds is 4. The monoisotopic (exact) mass is 415 g/mol. The molecule has 1 aliphatic heterocycles. The molecule has 2 atom stereocenters. The summed E-state index contributed by atoms with van der Waals surface area (Å²) < 4.78 is 41.0. The summed E-state index contributed by atoms with van der Waals surface area (Å²) >= 11 is 4.42. The summed E-state index contributed by atoms with van der Waals surface area (Å²) in [6, 6.07) is 16.7. The maximum atomic E-state index is 13.3. The molecule has 3 aromatic carbocycles. The van der Waals surface area contributed by atoms with E-state index in [9.17, 15) is 17.6 Å². The lowest BCUT2D eigenvalue weighted by Crippen LogP contribution is -2.40. The van der Waals surface area contributed by atoms with Crippen molar-refractivity contribution in [2.75, 3.05) is 6.54 Å². The van der Waals surface area contributed by atoms with Crippen LogP contribution in [0.15, 0.2) is 71.6 Å². The Balaban J connectivity index is 1.71. The number of hydrogen-bond acceptors (Lipinski definition) is 4. The van der Waals surface area contributed by atoms with Crippen molar-refractivity contribution < 1.29 is 17.6 Å². The van der Waals surface area contributed by atoms with E-state index in [1.807, 2.05) is 24.3 Å². The Bertz CT molecular complexity index is 1150. The van der Waals surface area contributed by atoms with Crippen LogP contribution < -0.4 is 0 Å². The first-order valence-corrected chi connectivity index (χ1v) is 10.8. The van der Waals surface area contributed by atoms with Crippen LogP contribution in [-0.2, 0) is 10.0 Å². The van der Waals surface area contributed by atoms with E-state index in [0.29, 0.717) is 6.42 Å². The Morgan fingerprint density at radius 1 is 1.00 bits per heavy atom. The Morgan fingerprint density at radius 2 is 1.68 bits per heavy atom. The maximum Gasteiger partial charge on any atom is 0.243 e. The molecule has 144 valence electrons. The summed E-state index contributed by atoms with van der Waals surface area (Å²) in [5, 5.41) is 1.50. The molecule has 0 spiro atoms. The highest BCUT2D eigenvalue weighted by Gasteiger charge is 2.43. The number of sulfonamides is 1. The van der Waals surface area contributed by atoms with Gasteiger partial charge in [0, 0.05) is 17.4 Å². The van der Waals surface area contributed by atoms with Crippen LogP contribution in [0.4, 0.5) is 4.39 Å². The topological polar surface area (TPSA) is 54.5 Å². The Hall–Kier alpha value is -2.22. The van der Waals surface area contributed by atoms with Gasteiger partial charge in [-0.2, -0.15) is 16.9 Å². The number of benzene rings is 3. The maximum absolute atomic E-state index is 13.3. The van der Waals surface area contributed by atoms with Crippen molar-refractivity contribution in [2.45, 2.75) is 22.6 Å². The van der Waals surface area contributed by atoms with E-state index in [1.54, 1.807) is 18.2 Å². The molecule has 0 aliphatic carbocycles. The van der Waals surface area contributed by atoms with Crippen LogP contribution in [0.5, 0.6) is 0 Å². The predicted molar refractivity (Wildman–Crippen MR) is 110 cm³/mol. The van der Waals surface area contributed by atoms with Gasteiger partial charge in [0.25, 0.3) is 0 Å². The number of carbonyl (C=O) groups is 1. The molecular weight excluding hydrogens is 397 g/mol. The highest BCUT2D eigenvalue weighted by Crippen LogP contribution is 2.32. The number of nitrogens with zero attached hydrogens (tertiary/aromatic N) is 1. The SMILES string of the molecule is O=C(c1ccc(F)cc1)C1CC(S)CN1S(=O)(=O)c1ccc2ccccc2c1. The third-order valence-electron chi connectivity index (χ3n) is 4.99. The minimum Gasteiger partial charge on any atom is -0.292 e. The third kappa shape index (κ3) is 3.45. The van der Waals surface area contributed by atoms with Gasteiger partial charge in [0.05, 0.1) is 10.9 Å². The molecule has 1 fully saturated rings. The number of fused-ring (bicyclic) bond motifs is 1. The van der Waals surface area contributed by atoms with Crippen LogP contribution in [0.3, 0.4) is 0 Å². The fourth-order valence-electron chi connectivity index (χ4n) is 3.56. The van der Waals surface area contributed by atoms with Crippen LogP contribution >= 0.6 is 12.6 Å². The largest absolute Gasteiger partial charge is 0.292 e. The van der Waals surface area contributed by atoms with E-state index in [2.05, 4.69) is 12.6 Å². The summed E-state index contributed by atoms with van der Waals surface area (Å²) in [4.78, 5) is 13.1. The smallest absolute Gasteiger partial charge is 0.243 e. The van der Waals surface area contributed by atoms with Gasteiger partial charge in [-0.1, -0.05) is 30.3 Å². The molecule has 4 nitrogen and oxygen atoms in total. The van der Waals surface area contributed by atoms with Crippen molar-refractivity contribution in [3.05, 3.63) is 78.1 Å². The van der Waals surface area contributed by atoms with Gasteiger partial charge >= 0.3 is 0 Å². The van der Waals surface area contributed by atoms with Gasteiger partial charge in [0.1, 0.15) is 5.82 Å². The highest BCUT2D eigenvalue weighted by atomic mass is 32.2. The molecule has 28 heavy (non-hydrogen) atoms. The van der Waals surface area contributed by atoms with Crippen LogP contribution in [0.2, 0.25) is 0 Å². The van der Waals surface area contributed by atoms with Gasteiger partial charge < -0.3 is 0 Å². The number of carbonyl (C=O) groups excluding carboxylic acids is 1. The predicted octanol–water partition coefficient (Wildman–Crippen LogP) is 3.92.